The summed E-state index contributed by atoms with van der Waals surface area (Å²) in [6.07, 6.45) is 2.38. The van der Waals surface area contributed by atoms with E-state index in [-0.39, 0.29) is 5.91 Å². The van der Waals surface area contributed by atoms with Crippen LogP contribution in [-0.2, 0) is 6.42 Å². The fourth-order valence-corrected chi connectivity index (χ4v) is 2.18. The predicted molar refractivity (Wildman–Crippen MR) is 92.8 cm³/mol. The predicted octanol–water partition coefficient (Wildman–Crippen LogP) is 3.17. The molecule has 0 unspecified atom stereocenters. The Morgan fingerprint density at radius 1 is 1.30 bits per heavy atom. The minimum Gasteiger partial charge on any atom is -0.354 e. The molecule has 0 aliphatic rings. The van der Waals surface area contributed by atoms with Gasteiger partial charge in [-0.3, -0.25) is 4.79 Å². The van der Waals surface area contributed by atoms with Crippen LogP contribution in [-0.4, -0.2) is 29.0 Å². The van der Waals surface area contributed by atoms with Crippen LogP contribution in [0.1, 0.15) is 29.9 Å². The van der Waals surface area contributed by atoms with Gasteiger partial charge in [0.1, 0.15) is 5.69 Å². The monoisotopic (exact) mass is 332 g/mol. The first-order chi connectivity index (χ1) is 11.0. The van der Waals surface area contributed by atoms with Crippen molar-refractivity contribution in [3.63, 3.8) is 0 Å². The fourth-order valence-electron chi connectivity index (χ4n) is 1.97. The molecule has 0 aliphatic heterocycles. The Bertz CT molecular complexity index is 661. The smallest absolute Gasteiger partial charge is 0.270 e. The third-order valence-electron chi connectivity index (χ3n) is 3.14. The van der Waals surface area contributed by atoms with E-state index in [0.717, 1.165) is 17.0 Å². The van der Waals surface area contributed by atoms with Gasteiger partial charge in [0.2, 0.25) is 5.95 Å². The van der Waals surface area contributed by atoms with Crippen LogP contribution in [0, 0.1) is 5.92 Å². The molecular formula is C17H21ClN4O. The highest BCUT2D eigenvalue weighted by Gasteiger charge is 2.08. The van der Waals surface area contributed by atoms with Gasteiger partial charge in [0.15, 0.2) is 0 Å². The number of amides is 1. The van der Waals surface area contributed by atoms with Gasteiger partial charge in [0.05, 0.1) is 0 Å². The number of nitrogens with zero attached hydrogens (tertiary/aromatic N) is 2. The van der Waals surface area contributed by atoms with Crippen LogP contribution in [0.15, 0.2) is 36.5 Å². The summed E-state index contributed by atoms with van der Waals surface area (Å²) in [6, 6.07) is 9.33. The first kappa shape index (κ1) is 17.2. The van der Waals surface area contributed by atoms with Crippen molar-refractivity contribution in [1.29, 1.82) is 0 Å². The molecule has 5 nitrogen and oxygen atoms in total. The zero-order valence-electron chi connectivity index (χ0n) is 13.3. The Balaban J connectivity index is 1.88. The van der Waals surface area contributed by atoms with Crippen LogP contribution in [0.4, 0.5) is 5.95 Å². The van der Waals surface area contributed by atoms with Crippen LogP contribution in [0.2, 0.25) is 5.02 Å². The lowest BCUT2D eigenvalue weighted by molar-refractivity contribution is 0.0944. The van der Waals surface area contributed by atoms with Gasteiger partial charge in [0.25, 0.3) is 5.91 Å². The molecule has 1 amide bonds. The van der Waals surface area contributed by atoms with Crippen molar-refractivity contribution in [3.05, 3.63) is 52.8 Å². The summed E-state index contributed by atoms with van der Waals surface area (Å²) in [4.78, 5) is 20.4. The standard InChI is InChI=1S/C17H21ClN4O/c1-12(2)11-21-16(23)15-7-9-20-17(22-15)19-8-6-13-4-3-5-14(18)10-13/h3-5,7,9-10,12H,6,8,11H2,1-2H3,(H,21,23)(H,19,20,22). The molecule has 0 saturated carbocycles. The Morgan fingerprint density at radius 2 is 2.13 bits per heavy atom. The van der Waals surface area contributed by atoms with Crippen LogP contribution >= 0.6 is 11.6 Å². The largest absolute Gasteiger partial charge is 0.354 e. The van der Waals surface area contributed by atoms with Gasteiger partial charge >= 0.3 is 0 Å². The molecule has 23 heavy (non-hydrogen) atoms. The van der Waals surface area contributed by atoms with E-state index in [0.29, 0.717) is 30.6 Å². The van der Waals surface area contributed by atoms with E-state index in [1.165, 1.54) is 0 Å². The SMILES string of the molecule is CC(C)CNC(=O)c1ccnc(NCCc2cccc(Cl)c2)n1. The second kappa shape index (κ2) is 8.48. The number of anilines is 1. The molecule has 0 aliphatic carbocycles. The Labute approximate surface area is 141 Å². The molecule has 2 aromatic rings. The molecule has 2 N–H and O–H groups in total. The molecule has 1 aromatic carbocycles. The quantitative estimate of drug-likeness (QED) is 0.817. The maximum absolute atomic E-state index is 12.0. The van der Waals surface area contributed by atoms with Crippen molar-refractivity contribution in [3.8, 4) is 0 Å². The summed E-state index contributed by atoms with van der Waals surface area (Å²) in [5, 5.41) is 6.69. The molecular weight excluding hydrogens is 312 g/mol. The molecule has 1 aromatic heterocycles. The van der Waals surface area contributed by atoms with E-state index in [1.807, 2.05) is 38.1 Å². The maximum Gasteiger partial charge on any atom is 0.270 e. The van der Waals surface area contributed by atoms with Crippen molar-refractivity contribution in [2.45, 2.75) is 20.3 Å². The third-order valence-corrected chi connectivity index (χ3v) is 3.38. The molecule has 2 rings (SSSR count). The zero-order chi connectivity index (χ0) is 16.7. The highest BCUT2D eigenvalue weighted by atomic mass is 35.5. The summed E-state index contributed by atoms with van der Waals surface area (Å²) in [6.45, 7) is 5.38. The minimum atomic E-state index is -0.181. The normalized spacial score (nSPS) is 10.6. The van der Waals surface area contributed by atoms with E-state index in [1.54, 1.807) is 12.3 Å². The summed E-state index contributed by atoms with van der Waals surface area (Å²) in [5.74, 6) is 0.666. The average Bonchev–Trinajstić information content (AvgIpc) is 2.53. The fraction of sp³-hybridized carbons (Fsp3) is 0.353. The molecule has 0 fully saturated rings. The Morgan fingerprint density at radius 3 is 2.87 bits per heavy atom. The molecule has 0 saturated heterocycles. The Hall–Kier alpha value is -2.14. The Kier molecular flexibility index (Phi) is 6.35. The molecule has 0 radical (unpaired) electrons. The highest BCUT2D eigenvalue weighted by Crippen LogP contribution is 2.11. The van der Waals surface area contributed by atoms with Gasteiger partial charge in [0, 0.05) is 24.3 Å². The molecule has 0 atom stereocenters. The van der Waals surface area contributed by atoms with Crippen LogP contribution in [0.3, 0.4) is 0 Å². The van der Waals surface area contributed by atoms with E-state index < -0.39 is 0 Å². The van der Waals surface area contributed by atoms with Crippen LogP contribution in [0.25, 0.3) is 0 Å². The summed E-state index contributed by atoms with van der Waals surface area (Å²) < 4.78 is 0. The first-order valence-corrected chi connectivity index (χ1v) is 8.02. The van der Waals surface area contributed by atoms with Gasteiger partial charge in [-0.1, -0.05) is 37.6 Å². The maximum atomic E-state index is 12.0. The average molecular weight is 333 g/mol. The van der Waals surface area contributed by atoms with E-state index in [9.17, 15) is 4.79 Å². The van der Waals surface area contributed by atoms with Crippen molar-refractivity contribution in [2.75, 3.05) is 18.4 Å². The number of halogens is 1. The summed E-state index contributed by atoms with van der Waals surface area (Å²) in [7, 11) is 0. The molecule has 6 heteroatoms. The zero-order valence-corrected chi connectivity index (χ0v) is 14.1. The summed E-state index contributed by atoms with van der Waals surface area (Å²) >= 11 is 5.96. The van der Waals surface area contributed by atoms with Crippen molar-refractivity contribution in [2.24, 2.45) is 5.92 Å². The second-order valence-corrected chi connectivity index (χ2v) is 6.11. The molecule has 1 heterocycles. The van der Waals surface area contributed by atoms with Gasteiger partial charge < -0.3 is 10.6 Å². The van der Waals surface area contributed by atoms with Crippen molar-refractivity contribution in [1.82, 2.24) is 15.3 Å². The number of rotatable bonds is 7. The molecule has 0 bridgehead atoms. The third kappa shape index (κ3) is 5.87. The van der Waals surface area contributed by atoms with E-state index >= 15 is 0 Å². The first-order valence-electron chi connectivity index (χ1n) is 7.64. The number of aromatic nitrogens is 2. The molecule has 0 spiro atoms. The van der Waals surface area contributed by atoms with Crippen molar-refractivity contribution >= 4 is 23.5 Å². The molecule has 122 valence electrons. The van der Waals surface area contributed by atoms with E-state index in [4.69, 9.17) is 11.6 Å². The van der Waals surface area contributed by atoms with Gasteiger partial charge in [-0.25, -0.2) is 9.97 Å². The minimum absolute atomic E-state index is 0.181. The topological polar surface area (TPSA) is 66.9 Å². The summed E-state index contributed by atoms with van der Waals surface area (Å²) in [5.41, 5.74) is 1.50. The van der Waals surface area contributed by atoms with E-state index in [2.05, 4.69) is 20.6 Å². The van der Waals surface area contributed by atoms with Crippen LogP contribution in [0.5, 0.6) is 0 Å². The number of nitrogens with one attached hydrogen (secondary N) is 2. The lowest BCUT2D eigenvalue weighted by Crippen LogP contribution is -2.28. The lowest BCUT2D eigenvalue weighted by atomic mass is 10.1. The van der Waals surface area contributed by atoms with Gasteiger partial charge in [-0.15, -0.1) is 0 Å². The number of benzene rings is 1. The number of hydrogen-bond acceptors (Lipinski definition) is 4. The van der Waals surface area contributed by atoms with Crippen molar-refractivity contribution < 1.29 is 4.79 Å². The van der Waals surface area contributed by atoms with Crippen LogP contribution < -0.4 is 10.6 Å². The second-order valence-electron chi connectivity index (χ2n) is 5.68. The van der Waals surface area contributed by atoms with Gasteiger partial charge in [-0.2, -0.15) is 0 Å². The highest BCUT2D eigenvalue weighted by molar-refractivity contribution is 6.30. The number of hydrogen-bond donors (Lipinski definition) is 2. The lowest BCUT2D eigenvalue weighted by Gasteiger charge is -2.09. The number of carbonyl (C=O) groups is 1. The van der Waals surface area contributed by atoms with Gasteiger partial charge in [-0.05, 0) is 36.1 Å². The number of carbonyl (C=O) groups excluding carboxylic acids is 1.